The third-order valence-corrected chi connectivity index (χ3v) is 4.05. The van der Waals surface area contributed by atoms with Crippen molar-refractivity contribution in [2.24, 2.45) is 0 Å². The zero-order valence-corrected chi connectivity index (χ0v) is 16.0. The Kier molecular flexibility index (Phi) is 6.31. The van der Waals surface area contributed by atoms with Crippen LogP contribution in [-0.2, 0) is 6.54 Å². The molecule has 0 radical (unpaired) electrons. The summed E-state index contributed by atoms with van der Waals surface area (Å²) in [4.78, 5) is 14.3. The summed E-state index contributed by atoms with van der Waals surface area (Å²) in [5.41, 5.74) is 0.522. The lowest BCUT2D eigenvalue weighted by atomic mass is 10.1. The number of hydrogen-bond donors (Lipinski definition) is 0. The van der Waals surface area contributed by atoms with Crippen molar-refractivity contribution >= 4 is 21.8 Å². The lowest BCUT2D eigenvalue weighted by molar-refractivity contribution is 0.0774. The van der Waals surface area contributed by atoms with E-state index in [0.717, 1.165) is 17.9 Å². The fourth-order valence-corrected chi connectivity index (χ4v) is 2.84. The van der Waals surface area contributed by atoms with Gasteiger partial charge in [-0.25, -0.2) is 0 Å². The summed E-state index contributed by atoms with van der Waals surface area (Å²) in [6.45, 7) is 4.90. The minimum absolute atomic E-state index is 0.120. The van der Waals surface area contributed by atoms with Crippen LogP contribution in [0.3, 0.4) is 0 Å². The molecule has 0 aliphatic rings. The monoisotopic (exact) mass is 395 g/mol. The van der Waals surface area contributed by atoms with Crippen LogP contribution in [0.5, 0.6) is 11.5 Å². The number of benzene rings is 1. The molecule has 0 aliphatic carbocycles. The Morgan fingerprint density at radius 3 is 2.67 bits per heavy atom. The van der Waals surface area contributed by atoms with E-state index in [1.807, 2.05) is 26.0 Å². The molecule has 0 saturated heterocycles. The number of methoxy groups -OCH3 is 1. The van der Waals surface area contributed by atoms with Gasteiger partial charge in [0.25, 0.3) is 5.91 Å². The van der Waals surface area contributed by atoms with Crippen molar-refractivity contribution < 1.29 is 18.7 Å². The van der Waals surface area contributed by atoms with E-state index in [0.29, 0.717) is 34.7 Å². The largest absolute Gasteiger partial charge is 0.493 e. The molecule has 0 unspecified atom stereocenters. The third-order valence-electron chi connectivity index (χ3n) is 3.46. The van der Waals surface area contributed by atoms with Crippen LogP contribution >= 0.6 is 15.9 Å². The number of nitrogens with zero attached hydrogens (tertiary/aromatic N) is 1. The molecule has 1 aromatic carbocycles. The van der Waals surface area contributed by atoms with Gasteiger partial charge in [0, 0.05) is 12.6 Å². The first-order valence-corrected chi connectivity index (χ1v) is 8.56. The maximum atomic E-state index is 12.7. The number of halogens is 1. The minimum Gasteiger partial charge on any atom is -0.493 e. The Morgan fingerprint density at radius 2 is 2.08 bits per heavy atom. The van der Waals surface area contributed by atoms with Crippen LogP contribution in [0.25, 0.3) is 0 Å². The Balaban J connectivity index is 2.20. The fraction of sp³-hybridized carbons (Fsp3) is 0.389. The van der Waals surface area contributed by atoms with E-state index in [9.17, 15) is 4.79 Å². The Bertz CT molecular complexity index is 711. The topological polar surface area (TPSA) is 51.9 Å². The molecule has 130 valence electrons. The molecule has 2 rings (SSSR count). The van der Waals surface area contributed by atoms with Gasteiger partial charge < -0.3 is 18.8 Å². The molecule has 0 atom stereocenters. The van der Waals surface area contributed by atoms with Gasteiger partial charge in [-0.1, -0.05) is 6.92 Å². The lowest BCUT2D eigenvalue weighted by Crippen LogP contribution is -2.26. The molecule has 0 N–H and O–H groups in total. The number of ether oxygens (including phenoxy) is 2. The summed E-state index contributed by atoms with van der Waals surface area (Å²) >= 11 is 3.46. The molecule has 1 heterocycles. The molecule has 0 saturated carbocycles. The molecular formula is C18H22BrNO4. The van der Waals surface area contributed by atoms with Gasteiger partial charge in [-0.3, -0.25) is 4.79 Å². The summed E-state index contributed by atoms with van der Waals surface area (Å²) in [5, 5.41) is 0. The summed E-state index contributed by atoms with van der Waals surface area (Å²) in [5.74, 6) is 2.60. The van der Waals surface area contributed by atoms with Crippen LogP contribution < -0.4 is 9.47 Å². The number of aryl methyl sites for hydroxylation is 1. The van der Waals surface area contributed by atoms with Gasteiger partial charge in [-0.05, 0) is 53.5 Å². The molecular weight excluding hydrogens is 374 g/mol. The Hall–Kier alpha value is -1.95. The highest BCUT2D eigenvalue weighted by Crippen LogP contribution is 2.37. The number of amides is 1. The predicted molar refractivity (Wildman–Crippen MR) is 95.7 cm³/mol. The van der Waals surface area contributed by atoms with Crippen molar-refractivity contribution in [3.8, 4) is 11.5 Å². The van der Waals surface area contributed by atoms with E-state index in [1.54, 1.807) is 31.2 Å². The summed E-state index contributed by atoms with van der Waals surface area (Å²) < 4.78 is 17.3. The maximum Gasteiger partial charge on any atom is 0.254 e. The summed E-state index contributed by atoms with van der Waals surface area (Å²) in [6, 6.07) is 7.20. The summed E-state index contributed by atoms with van der Waals surface area (Å²) in [7, 11) is 3.30. The number of carbonyl (C=O) groups is 1. The normalized spacial score (nSPS) is 10.5. The second kappa shape index (κ2) is 8.24. The van der Waals surface area contributed by atoms with Crippen LogP contribution in [0.4, 0.5) is 0 Å². The molecule has 1 amide bonds. The predicted octanol–water partition coefficient (Wildman–Crippen LogP) is 4.42. The molecule has 0 spiro atoms. The second-order valence-electron chi connectivity index (χ2n) is 5.51. The van der Waals surface area contributed by atoms with Gasteiger partial charge in [0.05, 0.1) is 24.7 Å². The third kappa shape index (κ3) is 4.32. The van der Waals surface area contributed by atoms with Crippen molar-refractivity contribution in [2.45, 2.75) is 26.8 Å². The van der Waals surface area contributed by atoms with Crippen molar-refractivity contribution in [1.82, 2.24) is 4.90 Å². The standard InChI is InChI=1S/C18H22BrNO4/c1-5-8-23-17-15(19)9-13(10-16(17)22-4)18(21)20(3)11-14-7-6-12(2)24-14/h6-7,9-10H,5,8,11H2,1-4H3. The van der Waals surface area contributed by atoms with Crippen molar-refractivity contribution in [1.29, 1.82) is 0 Å². The zero-order chi connectivity index (χ0) is 17.7. The average molecular weight is 396 g/mol. The quantitative estimate of drug-likeness (QED) is 0.695. The van der Waals surface area contributed by atoms with Gasteiger partial charge in [0.15, 0.2) is 11.5 Å². The van der Waals surface area contributed by atoms with Crippen LogP contribution in [-0.4, -0.2) is 31.6 Å². The van der Waals surface area contributed by atoms with E-state index in [1.165, 1.54) is 0 Å². The Morgan fingerprint density at radius 1 is 1.33 bits per heavy atom. The lowest BCUT2D eigenvalue weighted by Gasteiger charge is -2.18. The maximum absolute atomic E-state index is 12.7. The van der Waals surface area contributed by atoms with E-state index in [2.05, 4.69) is 15.9 Å². The highest BCUT2D eigenvalue weighted by Gasteiger charge is 2.19. The highest BCUT2D eigenvalue weighted by molar-refractivity contribution is 9.10. The van der Waals surface area contributed by atoms with Gasteiger partial charge in [0.1, 0.15) is 11.5 Å². The minimum atomic E-state index is -0.120. The van der Waals surface area contributed by atoms with Crippen molar-refractivity contribution in [2.75, 3.05) is 20.8 Å². The molecule has 2 aromatic rings. The first-order chi connectivity index (χ1) is 11.5. The molecule has 0 fully saturated rings. The average Bonchev–Trinajstić information content (AvgIpc) is 2.97. The number of hydrogen-bond acceptors (Lipinski definition) is 4. The molecule has 6 heteroatoms. The summed E-state index contributed by atoms with van der Waals surface area (Å²) in [6.07, 6.45) is 0.890. The van der Waals surface area contributed by atoms with Crippen LogP contribution in [0.2, 0.25) is 0 Å². The molecule has 1 aromatic heterocycles. The van der Waals surface area contributed by atoms with E-state index in [4.69, 9.17) is 13.9 Å². The second-order valence-corrected chi connectivity index (χ2v) is 6.37. The highest BCUT2D eigenvalue weighted by atomic mass is 79.9. The van der Waals surface area contributed by atoms with Crippen LogP contribution in [0.15, 0.2) is 33.2 Å². The number of rotatable bonds is 7. The molecule has 24 heavy (non-hydrogen) atoms. The van der Waals surface area contributed by atoms with Crippen molar-refractivity contribution in [3.05, 3.63) is 45.8 Å². The van der Waals surface area contributed by atoms with Gasteiger partial charge in [-0.2, -0.15) is 0 Å². The molecule has 5 nitrogen and oxygen atoms in total. The van der Waals surface area contributed by atoms with Crippen LogP contribution in [0.1, 0.15) is 35.2 Å². The number of carbonyl (C=O) groups excluding carboxylic acids is 1. The Labute approximate surface area is 150 Å². The molecule has 0 aliphatic heterocycles. The van der Waals surface area contributed by atoms with Gasteiger partial charge in [-0.15, -0.1) is 0 Å². The van der Waals surface area contributed by atoms with Crippen LogP contribution in [0, 0.1) is 6.92 Å². The zero-order valence-electron chi connectivity index (χ0n) is 14.4. The fourth-order valence-electron chi connectivity index (χ4n) is 2.28. The first-order valence-electron chi connectivity index (χ1n) is 7.77. The number of furan rings is 1. The van der Waals surface area contributed by atoms with Gasteiger partial charge in [0.2, 0.25) is 0 Å². The smallest absolute Gasteiger partial charge is 0.254 e. The van der Waals surface area contributed by atoms with Gasteiger partial charge >= 0.3 is 0 Å². The molecule has 0 bridgehead atoms. The van der Waals surface area contributed by atoms with Crippen molar-refractivity contribution in [3.63, 3.8) is 0 Å². The van der Waals surface area contributed by atoms with E-state index in [-0.39, 0.29) is 5.91 Å². The first kappa shape index (κ1) is 18.4. The van der Waals surface area contributed by atoms with E-state index < -0.39 is 0 Å². The SMILES string of the molecule is CCCOc1c(Br)cc(C(=O)N(C)Cc2ccc(C)o2)cc1OC. The van der Waals surface area contributed by atoms with E-state index >= 15 is 0 Å².